The first-order valence-electron chi connectivity index (χ1n) is 8.36. The minimum atomic E-state index is -3.24. The van der Waals surface area contributed by atoms with Gasteiger partial charge in [-0.05, 0) is 31.5 Å². The van der Waals surface area contributed by atoms with E-state index >= 15 is 0 Å². The number of benzene rings is 2. The topological polar surface area (TPSA) is 80.3 Å². The van der Waals surface area contributed by atoms with Crippen LogP contribution in [0.15, 0.2) is 53.4 Å². The second kappa shape index (κ2) is 8.27. The number of carbonyl (C=O) groups excluding carboxylic acids is 2. The van der Waals surface area contributed by atoms with Crippen molar-refractivity contribution in [2.24, 2.45) is 0 Å². The number of rotatable bonds is 7. The highest BCUT2D eigenvalue weighted by Gasteiger charge is 2.13. The standard InChI is InChI=1S/C20H23NO4S/c1-14-4-6-17(7-5-14)19(22)12-13-20(23)21-15(2)16-8-10-18(11-9-16)26(3,24)25/h4-11,15H,12-13H2,1-3H3,(H,21,23). The fourth-order valence-corrected chi connectivity index (χ4v) is 3.14. The molecule has 2 rings (SSSR count). The fraction of sp³-hybridized carbons (Fsp3) is 0.300. The Morgan fingerprint density at radius 3 is 2.08 bits per heavy atom. The monoisotopic (exact) mass is 373 g/mol. The highest BCUT2D eigenvalue weighted by molar-refractivity contribution is 7.90. The highest BCUT2D eigenvalue weighted by Crippen LogP contribution is 2.16. The summed E-state index contributed by atoms with van der Waals surface area (Å²) in [5, 5.41) is 2.83. The quantitative estimate of drug-likeness (QED) is 0.756. The SMILES string of the molecule is Cc1ccc(C(=O)CCC(=O)NC(C)c2ccc(S(C)(=O)=O)cc2)cc1. The van der Waals surface area contributed by atoms with Gasteiger partial charge in [0.25, 0.3) is 0 Å². The van der Waals surface area contributed by atoms with Gasteiger partial charge in [-0.25, -0.2) is 8.42 Å². The first-order valence-corrected chi connectivity index (χ1v) is 10.2. The lowest BCUT2D eigenvalue weighted by Crippen LogP contribution is -2.27. The fourth-order valence-electron chi connectivity index (χ4n) is 2.51. The molecule has 0 heterocycles. The Morgan fingerprint density at radius 2 is 1.54 bits per heavy atom. The Labute approximate surface area is 154 Å². The molecule has 1 amide bonds. The van der Waals surface area contributed by atoms with Crippen molar-refractivity contribution in [3.8, 4) is 0 Å². The molecule has 0 aliphatic carbocycles. The molecule has 138 valence electrons. The van der Waals surface area contributed by atoms with E-state index in [9.17, 15) is 18.0 Å². The molecule has 0 aliphatic rings. The molecular formula is C20H23NO4S. The number of ketones is 1. The second-order valence-corrected chi connectivity index (χ2v) is 8.44. The summed E-state index contributed by atoms with van der Waals surface area (Å²) in [6, 6.07) is 13.4. The van der Waals surface area contributed by atoms with Gasteiger partial charge in [0.15, 0.2) is 15.6 Å². The molecule has 0 radical (unpaired) electrons. The van der Waals surface area contributed by atoms with Gasteiger partial charge in [0.05, 0.1) is 10.9 Å². The van der Waals surface area contributed by atoms with Crippen LogP contribution in [0, 0.1) is 6.92 Å². The van der Waals surface area contributed by atoms with Gasteiger partial charge in [-0.3, -0.25) is 9.59 Å². The van der Waals surface area contributed by atoms with Crippen molar-refractivity contribution in [3.63, 3.8) is 0 Å². The van der Waals surface area contributed by atoms with Crippen molar-refractivity contribution in [1.82, 2.24) is 5.32 Å². The second-order valence-electron chi connectivity index (χ2n) is 6.42. The summed E-state index contributed by atoms with van der Waals surface area (Å²) in [5.74, 6) is -0.282. The van der Waals surface area contributed by atoms with Crippen molar-refractivity contribution < 1.29 is 18.0 Å². The van der Waals surface area contributed by atoms with Crippen molar-refractivity contribution in [3.05, 3.63) is 65.2 Å². The van der Waals surface area contributed by atoms with E-state index in [2.05, 4.69) is 5.32 Å². The van der Waals surface area contributed by atoms with Crippen LogP contribution in [0.3, 0.4) is 0 Å². The van der Waals surface area contributed by atoms with Crippen LogP contribution in [0.5, 0.6) is 0 Å². The number of nitrogens with one attached hydrogen (secondary N) is 1. The summed E-state index contributed by atoms with van der Waals surface area (Å²) >= 11 is 0. The third kappa shape index (κ3) is 5.52. The van der Waals surface area contributed by atoms with E-state index in [4.69, 9.17) is 0 Å². The minimum Gasteiger partial charge on any atom is -0.350 e. The molecule has 2 aromatic carbocycles. The highest BCUT2D eigenvalue weighted by atomic mass is 32.2. The first kappa shape index (κ1) is 19.8. The predicted molar refractivity (Wildman–Crippen MR) is 101 cm³/mol. The van der Waals surface area contributed by atoms with Gasteiger partial charge in [-0.1, -0.05) is 42.0 Å². The molecule has 6 heteroatoms. The van der Waals surface area contributed by atoms with Crippen LogP contribution >= 0.6 is 0 Å². The van der Waals surface area contributed by atoms with Gasteiger partial charge in [-0.2, -0.15) is 0 Å². The zero-order chi connectivity index (χ0) is 19.3. The Bertz CT molecular complexity index is 884. The van der Waals surface area contributed by atoms with Gasteiger partial charge in [0.1, 0.15) is 0 Å². The number of Topliss-reactive ketones (excluding diaryl/α,β-unsaturated/α-hetero) is 1. The lowest BCUT2D eigenvalue weighted by Gasteiger charge is -2.14. The number of hydrogen-bond acceptors (Lipinski definition) is 4. The first-order chi connectivity index (χ1) is 12.2. The lowest BCUT2D eigenvalue weighted by atomic mass is 10.0. The summed E-state index contributed by atoms with van der Waals surface area (Å²) in [7, 11) is -3.24. The molecule has 0 fully saturated rings. The van der Waals surface area contributed by atoms with E-state index < -0.39 is 9.84 Å². The van der Waals surface area contributed by atoms with Gasteiger partial charge in [-0.15, -0.1) is 0 Å². The van der Waals surface area contributed by atoms with Gasteiger partial charge in [0, 0.05) is 24.7 Å². The van der Waals surface area contributed by atoms with E-state index in [1.807, 2.05) is 26.0 Å². The van der Waals surface area contributed by atoms with Gasteiger partial charge in [0.2, 0.25) is 5.91 Å². The van der Waals surface area contributed by atoms with Crippen molar-refractivity contribution >= 4 is 21.5 Å². The summed E-state index contributed by atoms with van der Waals surface area (Å²) in [4.78, 5) is 24.4. The molecule has 0 aliphatic heterocycles. The van der Waals surface area contributed by atoms with Crippen LogP contribution < -0.4 is 5.32 Å². The van der Waals surface area contributed by atoms with E-state index in [0.29, 0.717) is 5.56 Å². The maximum Gasteiger partial charge on any atom is 0.220 e. The van der Waals surface area contributed by atoms with Crippen LogP contribution in [0.2, 0.25) is 0 Å². The van der Waals surface area contributed by atoms with Crippen molar-refractivity contribution in [1.29, 1.82) is 0 Å². The molecule has 0 aromatic heterocycles. The molecule has 1 N–H and O–H groups in total. The van der Waals surface area contributed by atoms with Crippen LogP contribution in [0.4, 0.5) is 0 Å². The van der Waals surface area contributed by atoms with Gasteiger partial charge < -0.3 is 5.32 Å². The lowest BCUT2D eigenvalue weighted by molar-refractivity contribution is -0.121. The molecule has 1 atom stereocenters. The van der Waals surface area contributed by atoms with E-state index in [1.54, 1.807) is 24.3 Å². The number of amides is 1. The molecular weight excluding hydrogens is 350 g/mol. The van der Waals surface area contributed by atoms with Crippen molar-refractivity contribution in [2.45, 2.75) is 37.6 Å². The Hall–Kier alpha value is -2.47. The maximum atomic E-state index is 12.1. The number of carbonyl (C=O) groups is 2. The average molecular weight is 373 g/mol. The molecule has 2 aromatic rings. The summed E-state index contributed by atoms with van der Waals surface area (Å²) in [5.41, 5.74) is 2.48. The van der Waals surface area contributed by atoms with Crippen molar-refractivity contribution in [2.75, 3.05) is 6.26 Å². The molecule has 0 bridgehead atoms. The zero-order valence-electron chi connectivity index (χ0n) is 15.2. The summed E-state index contributed by atoms with van der Waals surface area (Å²) < 4.78 is 22.9. The average Bonchev–Trinajstić information content (AvgIpc) is 2.59. The normalized spacial score (nSPS) is 12.4. The molecule has 1 unspecified atom stereocenters. The molecule has 0 spiro atoms. The van der Waals surface area contributed by atoms with Crippen LogP contribution in [0.1, 0.15) is 47.3 Å². The predicted octanol–water partition coefficient (Wildman–Crippen LogP) is 3.24. The molecule has 5 nitrogen and oxygen atoms in total. The van der Waals surface area contributed by atoms with Gasteiger partial charge >= 0.3 is 0 Å². The largest absolute Gasteiger partial charge is 0.350 e. The van der Waals surface area contributed by atoms with Crippen LogP contribution in [-0.4, -0.2) is 26.4 Å². The molecule has 26 heavy (non-hydrogen) atoms. The summed E-state index contributed by atoms with van der Waals surface area (Å²) in [6.45, 7) is 3.76. The zero-order valence-corrected chi connectivity index (χ0v) is 16.0. The number of hydrogen-bond donors (Lipinski definition) is 1. The third-order valence-electron chi connectivity index (χ3n) is 4.14. The Morgan fingerprint density at radius 1 is 0.962 bits per heavy atom. The third-order valence-corrected chi connectivity index (χ3v) is 5.27. The van der Waals surface area contributed by atoms with Crippen LogP contribution in [0.25, 0.3) is 0 Å². The minimum absolute atomic E-state index is 0.0645. The summed E-state index contributed by atoms with van der Waals surface area (Å²) in [6.07, 6.45) is 1.41. The van der Waals surface area contributed by atoms with E-state index in [1.165, 1.54) is 12.1 Å². The number of aryl methyl sites for hydroxylation is 1. The van der Waals surface area contributed by atoms with E-state index in [0.717, 1.165) is 17.4 Å². The molecule has 0 saturated carbocycles. The Kier molecular flexibility index (Phi) is 6.32. The van der Waals surface area contributed by atoms with Crippen LogP contribution in [-0.2, 0) is 14.6 Å². The molecule has 0 saturated heterocycles. The Balaban J connectivity index is 1.88. The maximum absolute atomic E-state index is 12.1. The number of sulfone groups is 1. The smallest absolute Gasteiger partial charge is 0.220 e. The van der Waals surface area contributed by atoms with E-state index in [-0.39, 0.29) is 35.5 Å².